The molecular weight excluding hydrogens is 525 g/mol. The minimum Gasteiger partial charge on any atom is -0.322 e. The number of rotatable bonds is 10. The average Bonchev–Trinajstić information content (AvgIpc) is 2.96. The molecule has 0 bridgehead atoms. The molecule has 0 saturated heterocycles. The van der Waals surface area contributed by atoms with Gasteiger partial charge in [-0.2, -0.15) is 4.72 Å². The van der Waals surface area contributed by atoms with Crippen molar-refractivity contribution in [2.24, 2.45) is 0 Å². The first-order chi connectivity index (χ1) is 18.8. The Hall–Kier alpha value is -3.54. The summed E-state index contributed by atoms with van der Waals surface area (Å²) in [5.74, 6) is -1.10. The van der Waals surface area contributed by atoms with Crippen molar-refractivity contribution in [3.8, 4) is 0 Å². The van der Waals surface area contributed by atoms with Crippen molar-refractivity contribution < 1.29 is 17.5 Å². The molecule has 0 saturated carbocycles. The largest absolute Gasteiger partial charge is 0.322 e. The van der Waals surface area contributed by atoms with E-state index in [1.807, 2.05) is 85.8 Å². The van der Waals surface area contributed by atoms with Gasteiger partial charge in [-0.05, 0) is 46.5 Å². The Kier molecular flexibility index (Phi) is 8.10. The van der Waals surface area contributed by atoms with Gasteiger partial charge in [0.2, 0.25) is 17.4 Å². The lowest BCUT2D eigenvalue weighted by molar-refractivity contribution is 0.293. The van der Waals surface area contributed by atoms with Crippen LogP contribution in [-0.2, 0) is 31.9 Å². The SMILES string of the molecule is Cc1ccc(S(=O)(=O)N[C@@H](c2ccccc2)[P@](=O)(Cc2ccc3ccccc3c2)OCc2ccccc2)cc1. The van der Waals surface area contributed by atoms with Crippen LogP contribution in [0, 0.1) is 6.92 Å². The van der Waals surface area contributed by atoms with Crippen molar-refractivity contribution in [1.29, 1.82) is 0 Å². The van der Waals surface area contributed by atoms with Gasteiger partial charge in [-0.25, -0.2) is 8.42 Å². The molecule has 0 heterocycles. The average molecular weight is 556 g/mol. The van der Waals surface area contributed by atoms with E-state index in [1.165, 1.54) is 0 Å². The molecule has 0 aliphatic rings. The predicted octanol–water partition coefficient (Wildman–Crippen LogP) is 7.82. The number of hydrogen-bond donors (Lipinski definition) is 1. The molecule has 5 aromatic rings. The lowest BCUT2D eigenvalue weighted by Gasteiger charge is -2.29. The fourth-order valence-electron chi connectivity index (χ4n) is 4.50. The molecular formula is C32H30NO4PS. The van der Waals surface area contributed by atoms with Gasteiger partial charge < -0.3 is 4.52 Å². The normalized spacial score (nSPS) is 14.1. The van der Waals surface area contributed by atoms with Crippen LogP contribution >= 0.6 is 7.37 Å². The van der Waals surface area contributed by atoms with Crippen LogP contribution in [0.5, 0.6) is 0 Å². The third kappa shape index (κ3) is 6.55. The van der Waals surface area contributed by atoms with E-state index in [2.05, 4.69) is 4.72 Å². The van der Waals surface area contributed by atoms with E-state index in [1.54, 1.807) is 48.5 Å². The van der Waals surface area contributed by atoms with E-state index in [0.29, 0.717) is 5.56 Å². The molecule has 0 unspecified atom stereocenters. The molecule has 0 spiro atoms. The van der Waals surface area contributed by atoms with Crippen LogP contribution in [0.1, 0.15) is 28.0 Å². The molecule has 1 N–H and O–H groups in total. The van der Waals surface area contributed by atoms with Crippen LogP contribution in [0.4, 0.5) is 0 Å². The molecule has 5 aromatic carbocycles. The fraction of sp³-hybridized carbons (Fsp3) is 0.125. The van der Waals surface area contributed by atoms with Crippen molar-refractivity contribution in [2.45, 2.75) is 30.4 Å². The fourth-order valence-corrected chi connectivity index (χ4v) is 8.75. The summed E-state index contributed by atoms with van der Waals surface area (Å²) in [4.78, 5) is 0.106. The molecule has 7 heteroatoms. The quantitative estimate of drug-likeness (QED) is 0.178. The van der Waals surface area contributed by atoms with Gasteiger partial charge in [0, 0.05) is 0 Å². The van der Waals surface area contributed by atoms with Crippen molar-refractivity contribution in [3.63, 3.8) is 0 Å². The number of benzene rings is 5. The minimum atomic E-state index is -4.02. The molecule has 0 aliphatic carbocycles. The lowest BCUT2D eigenvalue weighted by Crippen LogP contribution is -2.29. The Morgan fingerprint density at radius 3 is 2.03 bits per heavy atom. The molecule has 0 aromatic heterocycles. The van der Waals surface area contributed by atoms with E-state index in [9.17, 15) is 8.42 Å². The molecule has 198 valence electrons. The first kappa shape index (κ1) is 27.0. The Balaban J connectivity index is 1.58. The zero-order valence-corrected chi connectivity index (χ0v) is 23.3. The third-order valence-electron chi connectivity index (χ3n) is 6.62. The van der Waals surface area contributed by atoms with Crippen molar-refractivity contribution in [2.75, 3.05) is 0 Å². The summed E-state index contributed by atoms with van der Waals surface area (Å²) < 4.78 is 51.2. The van der Waals surface area contributed by atoms with Gasteiger partial charge in [0.15, 0.2) is 0 Å². The summed E-state index contributed by atoms with van der Waals surface area (Å²) in [6, 6.07) is 38.9. The monoisotopic (exact) mass is 555 g/mol. The highest BCUT2D eigenvalue weighted by Gasteiger charge is 2.39. The first-order valence-electron chi connectivity index (χ1n) is 12.7. The minimum absolute atomic E-state index is 0.0562. The molecule has 0 radical (unpaired) electrons. The van der Waals surface area contributed by atoms with Gasteiger partial charge in [0.25, 0.3) is 0 Å². The summed E-state index contributed by atoms with van der Waals surface area (Å²) in [6.45, 7) is 1.98. The number of sulfonamides is 1. The number of aryl methyl sites for hydroxylation is 1. The van der Waals surface area contributed by atoms with Crippen LogP contribution in [-0.4, -0.2) is 8.42 Å². The summed E-state index contributed by atoms with van der Waals surface area (Å²) in [5, 5.41) is 2.09. The van der Waals surface area contributed by atoms with Crippen LogP contribution in [0.25, 0.3) is 10.8 Å². The molecule has 0 aliphatic heterocycles. The van der Waals surface area contributed by atoms with Crippen molar-refractivity contribution in [1.82, 2.24) is 4.72 Å². The second-order valence-electron chi connectivity index (χ2n) is 9.57. The number of hydrogen-bond acceptors (Lipinski definition) is 4. The Labute approximate surface area is 230 Å². The van der Waals surface area contributed by atoms with Crippen LogP contribution in [0.3, 0.4) is 0 Å². The number of fused-ring (bicyclic) bond motifs is 1. The van der Waals surface area contributed by atoms with E-state index in [-0.39, 0.29) is 17.7 Å². The lowest BCUT2D eigenvalue weighted by atomic mass is 10.1. The van der Waals surface area contributed by atoms with Gasteiger partial charge in [-0.15, -0.1) is 0 Å². The van der Waals surface area contributed by atoms with Gasteiger partial charge in [0.1, 0.15) is 5.78 Å². The zero-order valence-electron chi connectivity index (χ0n) is 21.6. The summed E-state index contributed by atoms with van der Waals surface area (Å²) in [7, 11) is -7.75. The Bertz CT molecular complexity index is 1710. The van der Waals surface area contributed by atoms with Gasteiger partial charge in [-0.3, -0.25) is 4.57 Å². The van der Waals surface area contributed by atoms with Gasteiger partial charge in [-0.1, -0.05) is 121 Å². The predicted molar refractivity (Wildman–Crippen MR) is 157 cm³/mol. The van der Waals surface area contributed by atoms with Crippen LogP contribution in [0.2, 0.25) is 0 Å². The van der Waals surface area contributed by atoms with Crippen molar-refractivity contribution in [3.05, 3.63) is 150 Å². The zero-order chi connectivity index (χ0) is 27.3. The van der Waals surface area contributed by atoms with E-state index in [4.69, 9.17) is 4.52 Å². The maximum absolute atomic E-state index is 15.0. The molecule has 5 rings (SSSR count). The molecule has 0 fully saturated rings. The Morgan fingerprint density at radius 2 is 1.33 bits per heavy atom. The molecule has 39 heavy (non-hydrogen) atoms. The topological polar surface area (TPSA) is 72.5 Å². The van der Waals surface area contributed by atoms with Gasteiger partial charge >= 0.3 is 0 Å². The maximum Gasteiger partial charge on any atom is 0.241 e. The highest BCUT2D eigenvalue weighted by molar-refractivity contribution is 7.89. The highest BCUT2D eigenvalue weighted by Crippen LogP contribution is 2.62. The molecule has 0 amide bonds. The van der Waals surface area contributed by atoms with E-state index < -0.39 is 23.2 Å². The molecule has 2 atom stereocenters. The third-order valence-corrected chi connectivity index (χ3v) is 10.8. The highest BCUT2D eigenvalue weighted by atomic mass is 32.2. The maximum atomic E-state index is 15.0. The molecule has 5 nitrogen and oxygen atoms in total. The first-order valence-corrected chi connectivity index (χ1v) is 16.1. The second kappa shape index (κ2) is 11.7. The standard InChI is InChI=1S/C32H30NO4PS/c1-25-16-20-31(21-17-25)39(35,36)33-32(29-13-6-3-7-14-29)38(34,37-23-26-10-4-2-5-11-26)24-27-18-19-28-12-8-9-15-30(28)22-27/h2-22,32-33H,23-24H2,1H3/t32-,38+/m1/s1. The summed E-state index contributed by atoms with van der Waals surface area (Å²) >= 11 is 0. The smallest absolute Gasteiger partial charge is 0.241 e. The van der Waals surface area contributed by atoms with E-state index in [0.717, 1.165) is 27.5 Å². The summed E-state index contributed by atoms with van der Waals surface area (Å²) in [6.07, 6.45) is 0.0562. The number of nitrogens with one attached hydrogen (secondary N) is 1. The Morgan fingerprint density at radius 1 is 0.718 bits per heavy atom. The van der Waals surface area contributed by atoms with Crippen molar-refractivity contribution >= 4 is 28.2 Å². The van der Waals surface area contributed by atoms with Crippen LogP contribution in [0.15, 0.2) is 132 Å². The van der Waals surface area contributed by atoms with Gasteiger partial charge in [0.05, 0.1) is 17.7 Å². The van der Waals surface area contributed by atoms with E-state index >= 15 is 4.57 Å². The summed E-state index contributed by atoms with van der Waals surface area (Å²) in [5.41, 5.74) is 3.18. The van der Waals surface area contributed by atoms with Crippen LogP contribution < -0.4 is 4.72 Å². The second-order valence-corrected chi connectivity index (χ2v) is 13.8.